The Morgan fingerprint density at radius 2 is 1.91 bits per heavy atom. The van der Waals surface area contributed by atoms with Gasteiger partial charge in [0.05, 0.1) is 31.1 Å². The predicted octanol–water partition coefficient (Wildman–Crippen LogP) is 2.69. The van der Waals surface area contributed by atoms with Crippen molar-refractivity contribution in [3.8, 4) is 22.5 Å². The Bertz CT molecular complexity index is 1130. The number of aromatic amines is 1. The van der Waals surface area contributed by atoms with Crippen LogP contribution >= 0.6 is 11.3 Å². The Kier molecular flexibility index (Phi) is 5.75. The lowest BCUT2D eigenvalue weighted by molar-refractivity contribution is -0.135. The second-order valence-corrected chi connectivity index (χ2v) is 9.93. The van der Waals surface area contributed by atoms with E-state index >= 15 is 0 Å². The fourth-order valence-electron chi connectivity index (χ4n) is 5.16. The van der Waals surface area contributed by atoms with Crippen molar-refractivity contribution < 1.29 is 9.53 Å². The lowest BCUT2D eigenvalue weighted by atomic mass is 10.0. The quantitative estimate of drug-likeness (QED) is 0.493. The van der Waals surface area contributed by atoms with Crippen molar-refractivity contribution in [1.29, 1.82) is 0 Å². The van der Waals surface area contributed by atoms with E-state index in [1.807, 2.05) is 4.90 Å². The van der Waals surface area contributed by atoms with Crippen LogP contribution in [0, 0.1) is 0 Å². The summed E-state index contributed by atoms with van der Waals surface area (Å²) in [5.41, 5.74) is 8.75. The second-order valence-electron chi connectivity index (χ2n) is 9.15. The minimum absolute atomic E-state index is 0.252. The zero-order valence-electron chi connectivity index (χ0n) is 18.8. The van der Waals surface area contributed by atoms with Gasteiger partial charge in [-0.3, -0.25) is 19.7 Å². The molecule has 6 rings (SSSR count). The fourth-order valence-corrected chi connectivity index (χ4v) is 5.80. The number of benzene rings is 1. The number of nitrogens with zero attached hydrogens (tertiary/aromatic N) is 4. The molecular weight excluding hydrogens is 434 g/mol. The molecule has 33 heavy (non-hydrogen) atoms. The van der Waals surface area contributed by atoms with Crippen LogP contribution in [0.15, 0.2) is 35.0 Å². The van der Waals surface area contributed by atoms with E-state index in [0.29, 0.717) is 6.54 Å². The second kappa shape index (κ2) is 9.02. The van der Waals surface area contributed by atoms with Gasteiger partial charge >= 0.3 is 0 Å². The van der Waals surface area contributed by atoms with Gasteiger partial charge in [-0.2, -0.15) is 16.4 Å². The first kappa shape index (κ1) is 21.0. The molecule has 0 bridgehead atoms. The molecule has 1 N–H and O–H groups in total. The fraction of sp³-hybridized carbons (Fsp3) is 0.440. The number of morpholine rings is 1. The van der Waals surface area contributed by atoms with Gasteiger partial charge in [0.2, 0.25) is 5.91 Å². The monoisotopic (exact) mass is 463 g/mol. The summed E-state index contributed by atoms with van der Waals surface area (Å²) in [7, 11) is 0. The van der Waals surface area contributed by atoms with Crippen molar-refractivity contribution in [2.24, 2.45) is 0 Å². The molecule has 0 spiro atoms. The number of hydrogen-bond acceptors (Lipinski definition) is 6. The maximum atomic E-state index is 12.7. The van der Waals surface area contributed by atoms with Crippen LogP contribution in [0.1, 0.15) is 16.7 Å². The third-order valence-electron chi connectivity index (χ3n) is 7.07. The minimum atomic E-state index is 0.252. The summed E-state index contributed by atoms with van der Waals surface area (Å²) in [6.45, 7) is 8.08. The van der Waals surface area contributed by atoms with E-state index in [2.05, 4.69) is 55.0 Å². The number of piperazine rings is 1. The Morgan fingerprint density at radius 3 is 2.70 bits per heavy atom. The summed E-state index contributed by atoms with van der Waals surface area (Å²) in [6, 6.07) is 9.00. The Morgan fingerprint density at radius 1 is 1.06 bits per heavy atom. The molecule has 0 atom stereocenters. The Hall–Kier alpha value is -2.52. The smallest absolute Gasteiger partial charge is 0.236 e. The van der Waals surface area contributed by atoms with Gasteiger partial charge in [0.1, 0.15) is 0 Å². The van der Waals surface area contributed by atoms with Crippen molar-refractivity contribution in [3.05, 3.63) is 51.7 Å². The number of nitrogens with one attached hydrogen (secondary N) is 1. The van der Waals surface area contributed by atoms with Crippen molar-refractivity contribution in [2.45, 2.75) is 13.0 Å². The largest absolute Gasteiger partial charge is 0.379 e. The molecule has 3 aromatic rings. The molecule has 0 radical (unpaired) electrons. The summed E-state index contributed by atoms with van der Waals surface area (Å²) in [6.07, 6.45) is 0.941. The van der Waals surface area contributed by atoms with Gasteiger partial charge in [-0.05, 0) is 28.6 Å². The number of ether oxygens (including phenoxy) is 1. The maximum Gasteiger partial charge on any atom is 0.236 e. The highest BCUT2D eigenvalue weighted by Crippen LogP contribution is 2.40. The molecule has 3 aliphatic rings. The molecule has 1 amide bonds. The standard InChI is InChI=1S/C25H29N5O2S/c31-23(16-29-8-10-32-11-9-29)30-6-4-28(5-7-30)15-18-1-2-19-14-22-24(20-3-12-33-17-20)26-27-25(22)21(19)13-18/h1-3,12-13,17H,4-11,14-16H2,(H,26,27). The van der Waals surface area contributed by atoms with Crippen LogP contribution in [0.4, 0.5) is 0 Å². The molecule has 2 aromatic heterocycles. The molecule has 8 heteroatoms. The van der Waals surface area contributed by atoms with E-state index in [1.54, 1.807) is 11.3 Å². The SMILES string of the molecule is O=C(CN1CCOCC1)N1CCN(Cc2ccc3c(c2)-c2[nH]nc(-c4ccsc4)c2C3)CC1. The van der Waals surface area contributed by atoms with Crippen LogP contribution in [0.5, 0.6) is 0 Å². The Balaban J connectivity index is 1.08. The Labute approximate surface area is 197 Å². The van der Waals surface area contributed by atoms with Crippen molar-refractivity contribution in [3.63, 3.8) is 0 Å². The van der Waals surface area contributed by atoms with Crippen molar-refractivity contribution >= 4 is 17.2 Å². The number of carbonyl (C=O) groups excluding carboxylic acids is 1. The zero-order valence-corrected chi connectivity index (χ0v) is 19.6. The van der Waals surface area contributed by atoms with Crippen LogP contribution in [0.25, 0.3) is 22.5 Å². The molecule has 1 aliphatic carbocycles. The first-order valence-corrected chi connectivity index (χ1v) is 12.7. The van der Waals surface area contributed by atoms with Crippen LogP contribution in [0.2, 0.25) is 0 Å². The van der Waals surface area contributed by atoms with Gasteiger partial charge in [0.15, 0.2) is 0 Å². The molecule has 4 heterocycles. The van der Waals surface area contributed by atoms with E-state index in [1.165, 1.54) is 33.5 Å². The van der Waals surface area contributed by atoms with Gasteiger partial charge < -0.3 is 9.64 Å². The number of H-pyrrole nitrogens is 1. The van der Waals surface area contributed by atoms with E-state index in [4.69, 9.17) is 4.74 Å². The summed E-state index contributed by atoms with van der Waals surface area (Å²) in [5, 5.41) is 12.2. The highest BCUT2D eigenvalue weighted by atomic mass is 32.1. The molecule has 0 saturated carbocycles. The van der Waals surface area contributed by atoms with Crippen LogP contribution < -0.4 is 0 Å². The minimum Gasteiger partial charge on any atom is -0.379 e. The molecule has 2 aliphatic heterocycles. The summed E-state index contributed by atoms with van der Waals surface area (Å²) in [4.78, 5) is 19.4. The number of thiophene rings is 1. The number of fused-ring (bicyclic) bond motifs is 3. The average molecular weight is 464 g/mol. The van der Waals surface area contributed by atoms with Crippen LogP contribution in [0.3, 0.4) is 0 Å². The number of aromatic nitrogens is 2. The zero-order chi connectivity index (χ0) is 22.2. The predicted molar refractivity (Wildman–Crippen MR) is 129 cm³/mol. The molecule has 2 fully saturated rings. The summed E-state index contributed by atoms with van der Waals surface area (Å²) >= 11 is 1.71. The molecule has 0 unspecified atom stereocenters. The third-order valence-corrected chi connectivity index (χ3v) is 7.75. The number of hydrogen-bond donors (Lipinski definition) is 1. The number of amides is 1. The van der Waals surface area contributed by atoms with Gasteiger partial charge in [-0.1, -0.05) is 12.1 Å². The third kappa shape index (κ3) is 4.24. The van der Waals surface area contributed by atoms with Crippen molar-refractivity contribution in [1.82, 2.24) is 24.9 Å². The topological polar surface area (TPSA) is 64.7 Å². The van der Waals surface area contributed by atoms with Crippen LogP contribution in [-0.4, -0.2) is 89.8 Å². The summed E-state index contributed by atoms with van der Waals surface area (Å²) < 4.78 is 5.38. The molecular formula is C25H29N5O2S. The average Bonchev–Trinajstić information content (AvgIpc) is 3.57. The van der Waals surface area contributed by atoms with E-state index < -0.39 is 0 Å². The maximum absolute atomic E-state index is 12.7. The van der Waals surface area contributed by atoms with Gasteiger partial charge in [-0.25, -0.2) is 0 Å². The molecule has 172 valence electrons. The summed E-state index contributed by atoms with van der Waals surface area (Å²) in [5.74, 6) is 0.252. The van der Waals surface area contributed by atoms with Crippen LogP contribution in [-0.2, 0) is 22.5 Å². The molecule has 1 aromatic carbocycles. The number of rotatable bonds is 5. The normalized spacial score (nSPS) is 19.0. The molecule has 2 saturated heterocycles. The van der Waals surface area contributed by atoms with E-state index in [-0.39, 0.29) is 5.91 Å². The van der Waals surface area contributed by atoms with Gasteiger partial charge in [0.25, 0.3) is 0 Å². The highest BCUT2D eigenvalue weighted by Gasteiger charge is 2.27. The first-order valence-electron chi connectivity index (χ1n) is 11.8. The first-order chi connectivity index (χ1) is 16.2. The van der Waals surface area contributed by atoms with Gasteiger partial charge in [0, 0.05) is 74.3 Å². The lowest BCUT2D eigenvalue weighted by Gasteiger charge is -2.36. The van der Waals surface area contributed by atoms with Gasteiger partial charge in [-0.15, -0.1) is 0 Å². The van der Waals surface area contributed by atoms with E-state index in [9.17, 15) is 4.79 Å². The molecule has 7 nitrogen and oxygen atoms in total. The number of carbonyl (C=O) groups is 1. The lowest BCUT2D eigenvalue weighted by Crippen LogP contribution is -2.51. The van der Waals surface area contributed by atoms with E-state index in [0.717, 1.165) is 71.1 Å². The van der Waals surface area contributed by atoms with Crippen molar-refractivity contribution in [2.75, 3.05) is 59.0 Å². The highest BCUT2D eigenvalue weighted by molar-refractivity contribution is 7.08.